The summed E-state index contributed by atoms with van der Waals surface area (Å²) in [6.45, 7) is 9.12. The zero-order valence-electron chi connectivity index (χ0n) is 13.4. The highest BCUT2D eigenvalue weighted by molar-refractivity contribution is 4.78. The molecule has 0 atom stereocenters. The van der Waals surface area contributed by atoms with Gasteiger partial charge in [0, 0.05) is 6.42 Å². The molecule has 19 heavy (non-hydrogen) atoms. The van der Waals surface area contributed by atoms with Crippen LogP contribution in [0.2, 0.25) is 0 Å². The highest BCUT2D eigenvalue weighted by Gasteiger charge is 2.12. The minimum Gasteiger partial charge on any atom is -0.248 e. The van der Waals surface area contributed by atoms with E-state index in [1.165, 1.54) is 57.2 Å². The molecule has 0 spiro atoms. The molecule has 2 heteroatoms. The van der Waals surface area contributed by atoms with Gasteiger partial charge in [-0.25, -0.2) is 9.55 Å². The van der Waals surface area contributed by atoms with Crippen LogP contribution in [0, 0.1) is 5.92 Å². The fourth-order valence-electron chi connectivity index (χ4n) is 2.62. The molecule has 1 rings (SSSR count). The summed E-state index contributed by atoms with van der Waals surface area (Å²) in [6.07, 6.45) is 15.2. The lowest BCUT2D eigenvalue weighted by atomic mass is 10.0. The van der Waals surface area contributed by atoms with Crippen LogP contribution >= 0.6 is 0 Å². The number of nitrogens with one attached hydrogen (secondary N) is 1. The van der Waals surface area contributed by atoms with E-state index in [9.17, 15) is 0 Å². The Morgan fingerprint density at radius 1 is 0.947 bits per heavy atom. The maximum atomic E-state index is 3.37. The minimum atomic E-state index is 0.567. The molecule has 0 aliphatic carbocycles. The second kappa shape index (κ2) is 9.17. The number of aromatic amines is 1. The number of nitrogens with zero attached hydrogens (tertiary/aromatic N) is 1. The molecule has 2 nitrogen and oxygen atoms in total. The van der Waals surface area contributed by atoms with Gasteiger partial charge in [0.1, 0.15) is 12.4 Å². The smallest absolute Gasteiger partial charge is 0.248 e. The van der Waals surface area contributed by atoms with Gasteiger partial charge in [-0.3, -0.25) is 0 Å². The van der Waals surface area contributed by atoms with Crippen molar-refractivity contribution in [3.63, 3.8) is 0 Å². The van der Waals surface area contributed by atoms with Crippen molar-refractivity contribution in [3.05, 3.63) is 18.2 Å². The molecule has 0 amide bonds. The Hall–Kier alpha value is -0.790. The maximum Gasteiger partial charge on any atom is 0.254 e. The Balaban J connectivity index is 2.03. The monoisotopic (exact) mass is 265 g/mol. The van der Waals surface area contributed by atoms with Crippen molar-refractivity contribution in [2.45, 2.75) is 85.1 Å². The van der Waals surface area contributed by atoms with Gasteiger partial charge in [-0.2, -0.15) is 0 Å². The van der Waals surface area contributed by atoms with E-state index in [1.807, 2.05) is 0 Å². The molecule has 0 aliphatic rings. The summed E-state index contributed by atoms with van der Waals surface area (Å²) < 4.78 is 2.35. The molecule has 0 fully saturated rings. The van der Waals surface area contributed by atoms with Crippen molar-refractivity contribution in [2.75, 3.05) is 0 Å². The second-order valence-corrected chi connectivity index (χ2v) is 6.46. The molecule has 0 radical (unpaired) electrons. The van der Waals surface area contributed by atoms with E-state index < -0.39 is 0 Å². The normalized spacial score (nSPS) is 11.7. The fourth-order valence-corrected chi connectivity index (χ4v) is 2.62. The molecule has 1 aromatic heterocycles. The standard InChI is InChI=1S/C17H32N2/c1-15(2)11-9-7-5-6-8-10-12-17-18-13-14-19(17)16(3)4/h13-16H,5-12H2,1-4H3/p+1. The summed E-state index contributed by atoms with van der Waals surface area (Å²) >= 11 is 0. The van der Waals surface area contributed by atoms with E-state index in [2.05, 4.69) is 49.6 Å². The Labute approximate surface area is 119 Å². The summed E-state index contributed by atoms with van der Waals surface area (Å²) in [5, 5.41) is 0. The predicted molar refractivity (Wildman–Crippen MR) is 82.2 cm³/mol. The molecule has 1 aromatic rings. The average Bonchev–Trinajstić information content (AvgIpc) is 2.80. The van der Waals surface area contributed by atoms with Crippen LogP contribution in [0.4, 0.5) is 0 Å². The van der Waals surface area contributed by atoms with E-state index in [4.69, 9.17) is 0 Å². The molecule has 110 valence electrons. The van der Waals surface area contributed by atoms with Crippen molar-refractivity contribution in [1.82, 2.24) is 4.98 Å². The Morgan fingerprint density at radius 3 is 2.21 bits per heavy atom. The van der Waals surface area contributed by atoms with Gasteiger partial charge < -0.3 is 0 Å². The molecule has 1 N–H and O–H groups in total. The first-order valence-electron chi connectivity index (χ1n) is 8.18. The lowest BCUT2D eigenvalue weighted by Gasteiger charge is -2.05. The van der Waals surface area contributed by atoms with Crippen LogP contribution in [0.15, 0.2) is 12.4 Å². The van der Waals surface area contributed by atoms with Crippen molar-refractivity contribution in [2.24, 2.45) is 5.92 Å². The second-order valence-electron chi connectivity index (χ2n) is 6.46. The van der Waals surface area contributed by atoms with E-state index in [-0.39, 0.29) is 0 Å². The van der Waals surface area contributed by atoms with Crippen molar-refractivity contribution in [1.29, 1.82) is 0 Å². The largest absolute Gasteiger partial charge is 0.254 e. The molecule has 0 saturated heterocycles. The lowest BCUT2D eigenvalue weighted by molar-refractivity contribution is -0.721. The molecule has 0 unspecified atom stereocenters. The molecule has 1 heterocycles. The third-order valence-corrected chi connectivity index (χ3v) is 3.80. The molecule has 0 aliphatic heterocycles. The minimum absolute atomic E-state index is 0.567. The van der Waals surface area contributed by atoms with Crippen LogP contribution in [-0.4, -0.2) is 4.98 Å². The summed E-state index contributed by atoms with van der Waals surface area (Å²) in [5.74, 6) is 2.26. The highest BCUT2D eigenvalue weighted by Crippen LogP contribution is 2.12. The van der Waals surface area contributed by atoms with Crippen LogP contribution in [0.3, 0.4) is 0 Å². The Morgan fingerprint density at radius 2 is 1.58 bits per heavy atom. The van der Waals surface area contributed by atoms with Crippen LogP contribution in [-0.2, 0) is 6.42 Å². The van der Waals surface area contributed by atoms with Gasteiger partial charge in [0.2, 0.25) is 0 Å². The maximum absolute atomic E-state index is 3.37. The van der Waals surface area contributed by atoms with Crippen molar-refractivity contribution in [3.8, 4) is 0 Å². The van der Waals surface area contributed by atoms with Gasteiger partial charge in [-0.1, -0.05) is 52.4 Å². The number of H-pyrrole nitrogens is 1. The molecule has 0 bridgehead atoms. The van der Waals surface area contributed by atoms with E-state index in [0.29, 0.717) is 6.04 Å². The molecule has 0 aromatic carbocycles. The quantitative estimate of drug-likeness (QED) is 0.462. The van der Waals surface area contributed by atoms with Crippen LogP contribution < -0.4 is 4.57 Å². The van der Waals surface area contributed by atoms with E-state index >= 15 is 0 Å². The SMILES string of the molecule is CC(C)CCCCCCCCc1[nH]cc[n+]1C(C)C. The van der Waals surface area contributed by atoms with E-state index in [1.54, 1.807) is 0 Å². The number of aryl methyl sites for hydroxylation is 1. The zero-order valence-corrected chi connectivity index (χ0v) is 13.4. The number of unbranched alkanes of at least 4 members (excludes halogenated alkanes) is 5. The first-order chi connectivity index (χ1) is 9.11. The summed E-state index contributed by atoms with van der Waals surface area (Å²) in [4.78, 5) is 3.37. The van der Waals surface area contributed by atoms with E-state index in [0.717, 1.165) is 5.92 Å². The average molecular weight is 265 g/mol. The molecule has 0 saturated carbocycles. The van der Waals surface area contributed by atoms with Gasteiger partial charge in [-0.05, 0) is 26.2 Å². The third kappa shape index (κ3) is 6.79. The topological polar surface area (TPSA) is 19.7 Å². The van der Waals surface area contributed by atoms with Gasteiger partial charge in [0.15, 0.2) is 0 Å². The van der Waals surface area contributed by atoms with Crippen LogP contribution in [0.25, 0.3) is 0 Å². The summed E-state index contributed by atoms with van der Waals surface area (Å²) in [5.41, 5.74) is 0. The van der Waals surface area contributed by atoms with Gasteiger partial charge in [-0.15, -0.1) is 0 Å². The first kappa shape index (κ1) is 16.3. The number of hydrogen-bond acceptors (Lipinski definition) is 0. The number of rotatable bonds is 10. The Kier molecular flexibility index (Phi) is 7.85. The fraction of sp³-hybridized carbons (Fsp3) is 0.824. The highest BCUT2D eigenvalue weighted by atomic mass is 15.1. The predicted octanol–water partition coefficient (Wildman–Crippen LogP) is 4.81. The van der Waals surface area contributed by atoms with Gasteiger partial charge >= 0.3 is 0 Å². The Bertz CT molecular complexity index is 326. The summed E-state index contributed by atoms with van der Waals surface area (Å²) in [6, 6.07) is 0.567. The summed E-state index contributed by atoms with van der Waals surface area (Å²) in [7, 11) is 0. The van der Waals surface area contributed by atoms with Crippen LogP contribution in [0.5, 0.6) is 0 Å². The van der Waals surface area contributed by atoms with Gasteiger partial charge in [0.25, 0.3) is 5.82 Å². The molecular formula is C17H33N2+. The first-order valence-corrected chi connectivity index (χ1v) is 8.18. The third-order valence-electron chi connectivity index (χ3n) is 3.80. The zero-order chi connectivity index (χ0) is 14.1. The lowest BCUT2D eigenvalue weighted by Crippen LogP contribution is -2.38. The number of hydrogen-bond donors (Lipinski definition) is 1. The van der Waals surface area contributed by atoms with Crippen LogP contribution in [0.1, 0.15) is 84.5 Å². The number of aromatic nitrogens is 2. The molecular weight excluding hydrogens is 232 g/mol. The van der Waals surface area contributed by atoms with Crippen molar-refractivity contribution >= 4 is 0 Å². The van der Waals surface area contributed by atoms with Gasteiger partial charge in [0.05, 0.1) is 6.04 Å². The van der Waals surface area contributed by atoms with Crippen molar-refractivity contribution < 1.29 is 4.57 Å². The number of imidazole rings is 1.